The summed E-state index contributed by atoms with van der Waals surface area (Å²) in [5.41, 5.74) is 6.90. The molecule has 2 N–H and O–H groups in total. The van der Waals surface area contributed by atoms with Gasteiger partial charge in [-0.15, -0.1) is 0 Å². The summed E-state index contributed by atoms with van der Waals surface area (Å²) in [6.45, 7) is 2.11. The van der Waals surface area contributed by atoms with Gasteiger partial charge >= 0.3 is 0 Å². The van der Waals surface area contributed by atoms with Crippen LogP contribution in [0.25, 0.3) is 10.1 Å². The third-order valence-electron chi connectivity index (χ3n) is 2.04. The predicted molar refractivity (Wildman–Crippen MR) is 52.2 cm³/mol. The fourth-order valence-corrected chi connectivity index (χ4v) is 2.17. The van der Waals surface area contributed by atoms with E-state index in [1.165, 1.54) is 11.5 Å². The van der Waals surface area contributed by atoms with Gasteiger partial charge in [0.1, 0.15) is 5.82 Å². The largest absolute Gasteiger partial charge is 0.325 e. The molecule has 2 aromatic rings. The number of nitrogens with zero attached hydrogens (tertiary/aromatic N) is 1. The van der Waals surface area contributed by atoms with Crippen LogP contribution in [-0.2, 0) is 6.54 Å². The van der Waals surface area contributed by atoms with Crippen LogP contribution in [0.2, 0.25) is 0 Å². The molecule has 0 unspecified atom stereocenters. The maximum atomic E-state index is 13.5. The smallest absolute Gasteiger partial charge is 0.145 e. The van der Waals surface area contributed by atoms with Crippen LogP contribution in [0.1, 0.15) is 11.3 Å². The highest BCUT2D eigenvalue weighted by atomic mass is 32.1. The lowest BCUT2D eigenvalue weighted by atomic mass is 10.1. The first-order valence-corrected chi connectivity index (χ1v) is 4.75. The maximum absolute atomic E-state index is 13.5. The van der Waals surface area contributed by atoms with Gasteiger partial charge in [-0.1, -0.05) is 12.1 Å². The van der Waals surface area contributed by atoms with Gasteiger partial charge in [0.2, 0.25) is 0 Å². The average molecular weight is 196 g/mol. The van der Waals surface area contributed by atoms with Crippen molar-refractivity contribution >= 4 is 21.6 Å². The summed E-state index contributed by atoms with van der Waals surface area (Å²) in [7, 11) is 0. The lowest BCUT2D eigenvalue weighted by Crippen LogP contribution is -1.96. The lowest BCUT2D eigenvalue weighted by Gasteiger charge is -1.96. The van der Waals surface area contributed by atoms with E-state index in [2.05, 4.69) is 4.37 Å². The molecule has 1 heterocycles. The lowest BCUT2D eigenvalue weighted by molar-refractivity contribution is 0.632. The topological polar surface area (TPSA) is 38.9 Å². The molecule has 2 nitrogen and oxygen atoms in total. The average Bonchev–Trinajstić information content (AvgIpc) is 2.55. The van der Waals surface area contributed by atoms with Crippen molar-refractivity contribution in [3.63, 3.8) is 0 Å². The Hall–Kier alpha value is -1.00. The Morgan fingerprint density at radius 2 is 2.31 bits per heavy atom. The van der Waals surface area contributed by atoms with Crippen LogP contribution < -0.4 is 5.73 Å². The first-order valence-electron chi connectivity index (χ1n) is 3.97. The molecular formula is C9H9FN2S. The van der Waals surface area contributed by atoms with E-state index in [1.54, 1.807) is 13.0 Å². The van der Waals surface area contributed by atoms with Crippen LogP contribution in [0, 0.1) is 12.7 Å². The summed E-state index contributed by atoms with van der Waals surface area (Å²) < 4.78 is 18.2. The van der Waals surface area contributed by atoms with E-state index in [9.17, 15) is 4.39 Å². The zero-order valence-electron chi connectivity index (χ0n) is 7.17. The zero-order valence-corrected chi connectivity index (χ0v) is 7.99. The minimum absolute atomic E-state index is 0.172. The van der Waals surface area contributed by atoms with Crippen LogP contribution in [0.15, 0.2) is 12.1 Å². The Labute approximate surface area is 79.3 Å². The molecule has 0 bridgehead atoms. The summed E-state index contributed by atoms with van der Waals surface area (Å²) in [6.07, 6.45) is 0. The molecule has 0 saturated heterocycles. The van der Waals surface area contributed by atoms with Gasteiger partial charge in [0.05, 0.1) is 10.4 Å². The Morgan fingerprint density at radius 3 is 3.00 bits per heavy atom. The molecule has 2 rings (SSSR count). The Morgan fingerprint density at radius 1 is 1.54 bits per heavy atom. The monoisotopic (exact) mass is 196 g/mol. The molecule has 68 valence electrons. The van der Waals surface area contributed by atoms with E-state index in [4.69, 9.17) is 5.73 Å². The normalized spacial score (nSPS) is 11.0. The summed E-state index contributed by atoms with van der Waals surface area (Å²) in [6, 6.07) is 3.63. The molecule has 1 aromatic heterocycles. The molecule has 0 aliphatic rings. The van der Waals surface area contributed by atoms with Crippen molar-refractivity contribution in [2.45, 2.75) is 13.5 Å². The number of aryl methyl sites for hydroxylation is 1. The van der Waals surface area contributed by atoms with Crippen molar-refractivity contribution in [1.29, 1.82) is 0 Å². The van der Waals surface area contributed by atoms with Gasteiger partial charge in [-0.05, 0) is 24.0 Å². The van der Waals surface area contributed by atoms with Gasteiger partial charge < -0.3 is 5.73 Å². The molecular weight excluding hydrogens is 187 g/mol. The van der Waals surface area contributed by atoms with Gasteiger partial charge in [-0.3, -0.25) is 0 Å². The van der Waals surface area contributed by atoms with Crippen LogP contribution in [0.5, 0.6) is 0 Å². The Balaban J connectivity index is 2.81. The number of nitrogens with two attached hydrogens (primary N) is 1. The number of benzene rings is 1. The zero-order chi connectivity index (χ0) is 9.42. The molecule has 0 spiro atoms. The molecule has 0 aliphatic carbocycles. The number of halogens is 1. The van der Waals surface area contributed by atoms with E-state index in [0.717, 1.165) is 11.1 Å². The van der Waals surface area contributed by atoms with E-state index >= 15 is 0 Å². The second-order valence-corrected chi connectivity index (χ2v) is 3.68. The molecule has 0 atom stereocenters. The van der Waals surface area contributed by atoms with Crippen LogP contribution in [0.4, 0.5) is 4.39 Å². The highest BCUT2D eigenvalue weighted by Crippen LogP contribution is 2.26. The molecule has 4 heteroatoms. The number of hydrogen-bond acceptors (Lipinski definition) is 3. The fourth-order valence-electron chi connectivity index (χ4n) is 1.27. The number of rotatable bonds is 1. The first kappa shape index (κ1) is 8.59. The molecule has 0 saturated carbocycles. The fraction of sp³-hybridized carbons (Fsp3) is 0.222. The molecule has 13 heavy (non-hydrogen) atoms. The van der Waals surface area contributed by atoms with Crippen molar-refractivity contribution in [3.05, 3.63) is 29.2 Å². The second kappa shape index (κ2) is 3.05. The quantitative estimate of drug-likeness (QED) is 0.759. The first-order chi connectivity index (χ1) is 6.24. The molecule has 0 aliphatic heterocycles. The number of fused-ring (bicyclic) bond motifs is 1. The van der Waals surface area contributed by atoms with Crippen molar-refractivity contribution in [3.8, 4) is 0 Å². The van der Waals surface area contributed by atoms with Crippen molar-refractivity contribution in [1.82, 2.24) is 4.37 Å². The number of hydrogen-bond donors (Lipinski definition) is 1. The molecule has 0 fully saturated rings. The Bertz CT molecular complexity index is 450. The minimum atomic E-state index is -0.172. The molecule has 1 aromatic carbocycles. The van der Waals surface area contributed by atoms with E-state index in [1.807, 2.05) is 6.07 Å². The Kier molecular flexibility index (Phi) is 2.01. The molecule has 0 amide bonds. The third-order valence-corrected chi connectivity index (χ3v) is 2.93. The van der Waals surface area contributed by atoms with E-state index in [0.29, 0.717) is 16.8 Å². The van der Waals surface area contributed by atoms with Crippen molar-refractivity contribution in [2.75, 3.05) is 0 Å². The van der Waals surface area contributed by atoms with Gasteiger partial charge in [0.25, 0.3) is 0 Å². The van der Waals surface area contributed by atoms with E-state index < -0.39 is 0 Å². The van der Waals surface area contributed by atoms with Gasteiger partial charge in [0.15, 0.2) is 0 Å². The van der Waals surface area contributed by atoms with Crippen LogP contribution in [0.3, 0.4) is 0 Å². The summed E-state index contributed by atoms with van der Waals surface area (Å²) in [5, 5.41) is 0.843. The van der Waals surface area contributed by atoms with Gasteiger partial charge in [0, 0.05) is 11.9 Å². The SMILES string of the molecule is Cc1ccc2c(CN)nsc2c1F. The maximum Gasteiger partial charge on any atom is 0.145 e. The second-order valence-electron chi connectivity index (χ2n) is 2.91. The summed E-state index contributed by atoms with van der Waals surface area (Å²) >= 11 is 1.17. The number of aromatic nitrogens is 1. The standard InChI is InChI=1S/C9H9FN2S/c1-5-2-3-6-7(4-11)12-13-9(6)8(5)10/h2-3H,4,11H2,1H3. The summed E-state index contributed by atoms with van der Waals surface area (Å²) in [4.78, 5) is 0. The highest BCUT2D eigenvalue weighted by molar-refractivity contribution is 7.13. The minimum Gasteiger partial charge on any atom is -0.325 e. The van der Waals surface area contributed by atoms with Crippen LogP contribution >= 0.6 is 11.5 Å². The van der Waals surface area contributed by atoms with Gasteiger partial charge in [-0.2, -0.15) is 4.37 Å². The highest BCUT2D eigenvalue weighted by Gasteiger charge is 2.10. The van der Waals surface area contributed by atoms with Crippen molar-refractivity contribution < 1.29 is 4.39 Å². The van der Waals surface area contributed by atoms with E-state index in [-0.39, 0.29) is 5.82 Å². The van der Waals surface area contributed by atoms with Crippen LogP contribution in [-0.4, -0.2) is 4.37 Å². The summed E-state index contributed by atoms with van der Waals surface area (Å²) in [5.74, 6) is -0.172. The third kappa shape index (κ3) is 1.22. The predicted octanol–water partition coefficient (Wildman–Crippen LogP) is 2.20. The van der Waals surface area contributed by atoms with Gasteiger partial charge in [-0.25, -0.2) is 4.39 Å². The molecule has 0 radical (unpaired) electrons. The van der Waals surface area contributed by atoms with Crippen molar-refractivity contribution in [2.24, 2.45) is 5.73 Å².